The number of hydrogen-bond donors (Lipinski definition) is 2. The Morgan fingerprint density at radius 3 is 2.52 bits per heavy atom. The van der Waals surface area contributed by atoms with E-state index in [1.807, 2.05) is 31.2 Å². The minimum Gasteiger partial charge on any atom is -0.381 e. The van der Waals surface area contributed by atoms with Gasteiger partial charge in [0.25, 0.3) is 0 Å². The van der Waals surface area contributed by atoms with Crippen LogP contribution in [0.15, 0.2) is 24.3 Å². The van der Waals surface area contributed by atoms with Crippen molar-refractivity contribution in [3.63, 3.8) is 0 Å². The Hall–Kier alpha value is -1.92. The monoisotopic (exact) mass is 319 g/mol. The van der Waals surface area contributed by atoms with E-state index in [-0.39, 0.29) is 24.3 Å². The van der Waals surface area contributed by atoms with E-state index in [1.54, 1.807) is 7.05 Å². The van der Waals surface area contributed by atoms with Crippen molar-refractivity contribution in [3.05, 3.63) is 29.8 Å². The zero-order valence-electron chi connectivity index (χ0n) is 13.7. The molecule has 2 amide bonds. The molecule has 0 saturated carbocycles. The van der Waals surface area contributed by atoms with Crippen LogP contribution in [0.25, 0.3) is 0 Å². The summed E-state index contributed by atoms with van der Waals surface area (Å²) < 4.78 is 5.28. The molecule has 1 saturated heterocycles. The third-order valence-corrected chi connectivity index (χ3v) is 4.15. The Morgan fingerprint density at radius 2 is 1.91 bits per heavy atom. The van der Waals surface area contributed by atoms with Gasteiger partial charge in [-0.25, -0.2) is 0 Å². The van der Waals surface area contributed by atoms with Crippen LogP contribution in [0.4, 0.5) is 5.69 Å². The van der Waals surface area contributed by atoms with E-state index in [2.05, 4.69) is 5.32 Å². The highest BCUT2D eigenvalue weighted by atomic mass is 16.5. The molecule has 1 heterocycles. The van der Waals surface area contributed by atoms with Crippen molar-refractivity contribution in [1.29, 1.82) is 0 Å². The molecule has 0 bridgehead atoms. The molecular weight excluding hydrogens is 294 g/mol. The molecule has 1 aromatic carbocycles. The molecule has 126 valence electrons. The molecule has 2 rings (SSSR count). The number of rotatable bonds is 5. The molecule has 0 aromatic heterocycles. The lowest BCUT2D eigenvalue weighted by Gasteiger charge is -2.29. The number of ether oxygens (including phenoxy) is 1. The molecule has 3 N–H and O–H groups in total. The average molecular weight is 319 g/mol. The van der Waals surface area contributed by atoms with Crippen LogP contribution in [0, 0.1) is 12.8 Å². The van der Waals surface area contributed by atoms with Crippen LogP contribution < -0.4 is 11.1 Å². The Morgan fingerprint density at radius 1 is 1.30 bits per heavy atom. The van der Waals surface area contributed by atoms with Crippen LogP contribution in [0.2, 0.25) is 0 Å². The number of hydrogen-bond acceptors (Lipinski definition) is 4. The number of benzene rings is 1. The number of carbonyl (C=O) groups excluding carboxylic acids is 2. The largest absolute Gasteiger partial charge is 0.381 e. The Kier molecular flexibility index (Phi) is 6.12. The maximum atomic E-state index is 12.4. The minimum absolute atomic E-state index is 0.0103. The summed E-state index contributed by atoms with van der Waals surface area (Å²) >= 11 is 0. The van der Waals surface area contributed by atoms with Gasteiger partial charge in [0, 0.05) is 25.9 Å². The Bertz CT molecular complexity index is 539. The summed E-state index contributed by atoms with van der Waals surface area (Å²) in [6, 6.07) is 6.94. The van der Waals surface area contributed by atoms with Gasteiger partial charge in [-0.1, -0.05) is 17.7 Å². The molecule has 1 aromatic rings. The van der Waals surface area contributed by atoms with Crippen molar-refractivity contribution >= 4 is 17.5 Å². The Balaban J connectivity index is 1.84. The number of nitrogens with one attached hydrogen (secondary N) is 1. The normalized spacial score (nSPS) is 16.7. The van der Waals surface area contributed by atoms with Gasteiger partial charge in [0.05, 0.1) is 12.6 Å². The zero-order valence-corrected chi connectivity index (χ0v) is 13.7. The van der Waals surface area contributed by atoms with Gasteiger partial charge in [0.2, 0.25) is 11.8 Å². The lowest BCUT2D eigenvalue weighted by Crippen LogP contribution is -2.49. The van der Waals surface area contributed by atoms with E-state index in [1.165, 1.54) is 4.90 Å². The molecule has 0 radical (unpaired) electrons. The van der Waals surface area contributed by atoms with Crippen LogP contribution >= 0.6 is 0 Å². The number of nitrogens with zero attached hydrogens (tertiary/aromatic N) is 1. The molecular formula is C17H25N3O3. The number of amides is 2. The fourth-order valence-corrected chi connectivity index (χ4v) is 2.66. The summed E-state index contributed by atoms with van der Waals surface area (Å²) in [5.74, 6) is -0.307. The number of likely N-dealkylation sites (N-methyl/N-ethyl adjacent to an activating group) is 1. The number of carbonyl (C=O) groups is 2. The number of anilines is 1. The second-order valence-electron chi connectivity index (χ2n) is 6.08. The van der Waals surface area contributed by atoms with Crippen LogP contribution in [0.5, 0.6) is 0 Å². The van der Waals surface area contributed by atoms with E-state index in [9.17, 15) is 9.59 Å². The summed E-state index contributed by atoms with van der Waals surface area (Å²) in [5, 5.41) is 2.78. The molecule has 0 spiro atoms. The molecule has 1 aliphatic heterocycles. The van der Waals surface area contributed by atoms with Crippen LogP contribution in [0.1, 0.15) is 18.4 Å². The molecule has 1 aliphatic rings. The van der Waals surface area contributed by atoms with Crippen LogP contribution in [0.3, 0.4) is 0 Å². The van der Waals surface area contributed by atoms with Gasteiger partial charge in [-0.15, -0.1) is 0 Å². The molecule has 23 heavy (non-hydrogen) atoms. The van der Waals surface area contributed by atoms with E-state index in [0.29, 0.717) is 13.2 Å². The predicted octanol–water partition coefficient (Wildman–Crippen LogP) is 1.15. The second-order valence-corrected chi connectivity index (χ2v) is 6.08. The van der Waals surface area contributed by atoms with Gasteiger partial charge in [-0.05, 0) is 37.8 Å². The molecule has 1 unspecified atom stereocenters. The highest BCUT2D eigenvalue weighted by Crippen LogP contribution is 2.18. The highest BCUT2D eigenvalue weighted by Gasteiger charge is 2.29. The van der Waals surface area contributed by atoms with Gasteiger partial charge < -0.3 is 20.7 Å². The van der Waals surface area contributed by atoms with E-state index in [4.69, 9.17) is 10.5 Å². The quantitative estimate of drug-likeness (QED) is 0.852. The maximum Gasteiger partial charge on any atom is 0.243 e. The minimum atomic E-state index is -0.573. The van der Waals surface area contributed by atoms with Crippen LogP contribution in [-0.2, 0) is 14.3 Å². The smallest absolute Gasteiger partial charge is 0.243 e. The average Bonchev–Trinajstić information content (AvgIpc) is 2.56. The second kappa shape index (κ2) is 8.08. The standard InChI is InChI=1S/C17H25N3O3/c1-12-3-5-14(6-4-12)19-15(21)11-20(2)17(22)16(18)13-7-9-23-10-8-13/h3-6,13,16H,7-11,18H2,1-2H3,(H,19,21). The van der Waals surface area contributed by atoms with Crippen molar-refractivity contribution in [1.82, 2.24) is 4.90 Å². The summed E-state index contributed by atoms with van der Waals surface area (Å²) in [6.45, 7) is 3.26. The number of nitrogens with two attached hydrogens (primary N) is 1. The van der Waals surface area contributed by atoms with Gasteiger partial charge >= 0.3 is 0 Å². The van der Waals surface area contributed by atoms with Crippen molar-refractivity contribution < 1.29 is 14.3 Å². The maximum absolute atomic E-state index is 12.4. The summed E-state index contributed by atoms with van der Waals surface area (Å²) in [5.41, 5.74) is 7.90. The van der Waals surface area contributed by atoms with Gasteiger partial charge in [-0.2, -0.15) is 0 Å². The molecule has 6 nitrogen and oxygen atoms in total. The molecule has 1 atom stereocenters. The summed E-state index contributed by atoms with van der Waals surface area (Å²) in [7, 11) is 1.61. The van der Waals surface area contributed by atoms with Gasteiger partial charge in [0.15, 0.2) is 0 Å². The first-order chi connectivity index (χ1) is 11.0. The fraction of sp³-hybridized carbons (Fsp3) is 0.529. The molecule has 0 aliphatic carbocycles. The first-order valence-electron chi connectivity index (χ1n) is 7.92. The zero-order chi connectivity index (χ0) is 16.8. The molecule has 1 fully saturated rings. The van der Waals surface area contributed by atoms with E-state index < -0.39 is 6.04 Å². The fourth-order valence-electron chi connectivity index (χ4n) is 2.66. The summed E-state index contributed by atoms with van der Waals surface area (Å²) in [6.07, 6.45) is 1.58. The first-order valence-corrected chi connectivity index (χ1v) is 7.92. The van der Waals surface area contributed by atoms with Crippen molar-refractivity contribution in [2.24, 2.45) is 11.7 Å². The lowest BCUT2D eigenvalue weighted by atomic mass is 9.91. The lowest BCUT2D eigenvalue weighted by molar-refractivity contribution is -0.136. The van der Waals surface area contributed by atoms with Gasteiger partial charge in [0.1, 0.15) is 0 Å². The van der Waals surface area contributed by atoms with Gasteiger partial charge in [-0.3, -0.25) is 9.59 Å². The highest BCUT2D eigenvalue weighted by molar-refractivity contribution is 5.95. The predicted molar refractivity (Wildman–Crippen MR) is 89.0 cm³/mol. The molecule has 6 heteroatoms. The van der Waals surface area contributed by atoms with E-state index >= 15 is 0 Å². The van der Waals surface area contributed by atoms with Crippen molar-refractivity contribution in [3.8, 4) is 0 Å². The topological polar surface area (TPSA) is 84.7 Å². The summed E-state index contributed by atoms with van der Waals surface area (Å²) in [4.78, 5) is 25.8. The number of aryl methyl sites for hydroxylation is 1. The van der Waals surface area contributed by atoms with Crippen LogP contribution in [-0.4, -0.2) is 49.6 Å². The first kappa shape index (κ1) is 17.4. The Labute approximate surface area is 137 Å². The van der Waals surface area contributed by atoms with Crippen molar-refractivity contribution in [2.75, 3.05) is 32.1 Å². The SMILES string of the molecule is Cc1ccc(NC(=O)CN(C)C(=O)C(N)C2CCOCC2)cc1. The van der Waals surface area contributed by atoms with Crippen molar-refractivity contribution in [2.45, 2.75) is 25.8 Å². The van der Waals surface area contributed by atoms with E-state index in [0.717, 1.165) is 24.1 Å². The third kappa shape index (κ3) is 5.04. The third-order valence-electron chi connectivity index (χ3n) is 4.15.